The number of esters is 2. The number of benzene rings is 1. The molecular weight excluding hydrogens is 929 g/mol. The van der Waals surface area contributed by atoms with Gasteiger partial charge in [-0.2, -0.15) is 0 Å². The van der Waals surface area contributed by atoms with Crippen molar-refractivity contribution < 1.29 is 61.8 Å². The molecule has 1 unspecified atom stereocenters. The van der Waals surface area contributed by atoms with Gasteiger partial charge < -0.3 is 53.3 Å². The van der Waals surface area contributed by atoms with E-state index in [-0.39, 0.29) is 22.7 Å². The third-order valence-electron chi connectivity index (χ3n) is 13.3. The first-order chi connectivity index (χ1) is 35.2. The van der Waals surface area contributed by atoms with E-state index in [2.05, 4.69) is 44.5 Å². The highest BCUT2D eigenvalue weighted by atomic mass is 16.6. The van der Waals surface area contributed by atoms with Crippen LogP contribution in [0.3, 0.4) is 0 Å². The van der Waals surface area contributed by atoms with Crippen molar-refractivity contribution in [1.29, 1.82) is 0 Å². The van der Waals surface area contributed by atoms with Gasteiger partial charge in [0.05, 0.1) is 118 Å². The molecule has 72 heavy (non-hydrogen) atoms. The number of alkyl carbamates (subject to hydrolysis) is 1. The van der Waals surface area contributed by atoms with Crippen LogP contribution in [0.25, 0.3) is 0 Å². The van der Waals surface area contributed by atoms with Gasteiger partial charge in [0, 0.05) is 57.3 Å². The maximum atomic E-state index is 13.2. The van der Waals surface area contributed by atoms with Gasteiger partial charge in [-0.1, -0.05) is 43.3 Å². The molecule has 0 spiro atoms. The Balaban J connectivity index is 0.941. The van der Waals surface area contributed by atoms with Crippen molar-refractivity contribution in [3.05, 3.63) is 107 Å². The van der Waals surface area contributed by atoms with Crippen molar-refractivity contribution >= 4 is 23.9 Å². The SMILES string of the molecule is COC(=O)c1cccc(CN2CCOCCOCCN(C(c3ccc(C(=O)NCCOCCOCCNC(=O)OC[C@@H]4[C@@H]5CC/C=C\CC[C@]45C)cc3)c3cccc(C(=O)OC)n3)CCOCCOCC2)n1. The van der Waals surface area contributed by atoms with Crippen molar-refractivity contribution in [2.24, 2.45) is 17.3 Å². The highest BCUT2D eigenvalue weighted by Gasteiger charge is 2.59. The number of aromatic nitrogens is 2. The zero-order valence-corrected chi connectivity index (χ0v) is 42.2. The molecule has 3 aliphatic rings. The molecule has 1 saturated heterocycles. The summed E-state index contributed by atoms with van der Waals surface area (Å²) in [5.74, 6) is -0.227. The Hall–Kier alpha value is -5.38. The predicted octanol–water partition coefficient (Wildman–Crippen LogP) is 4.90. The molecule has 19 heteroatoms. The van der Waals surface area contributed by atoms with E-state index >= 15 is 0 Å². The Labute approximate surface area is 423 Å². The van der Waals surface area contributed by atoms with E-state index in [9.17, 15) is 19.2 Å². The molecule has 2 aliphatic carbocycles. The molecular formula is C53H74N6O13. The number of nitrogens with zero attached hydrogens (tertiary/aromatic N) is 4. The number of rotatable bonds is 19. The molecule has 0 bridgehead atoms. The lowest BCUT2D eigenvalue weighted by atomic mass is 9.94. The fraction of sp³-hybridized carbons (Fsp3) is 0.585. The second-order valence-corrected chi connectivity index (χ2v) is 18.0. The number of allylic oxidation sites excluding steroid dienone is 2. The summed E-state index contributed by atoms with van der Waals surface area (Å²) in [6, 6.07) is 17.4. The number of ether oxygens (including phenoxy) is 9. The smallest absolute Gasteiger partial charge is 0.407 e. The quantitative estimate of drug-likeness (QED) is 0.0709. The Bertz CT molecular complexity index is 2140. The van der Waals surface area contributed by atoms with Crippen molar-refractivity contribution in [2.75, 3.05) is 139 Å². The summed E-state index contributed by atoms with van der Waals surface area (Å²) in [5, 5.41) is 5.67. The van der Waals surface area contributed by atoms with Gasteiger partial charge in [-0.25, -0.2) is 24.4 Å². The normalized spacial score (nSPS) is 21.8. The Morgan fingerprint density at radius 3 is 1.92 bits per heavy atom. The van der Waals surface area contributed by atoms with Gasteiger partial charge in [0.15, 0.2) is 0 Å². The van der Waals surface area contributed by atoms with Crippen LogP contribution in [0.15, 0.2) is 72.8 Å². The second kappa shape index (κ2) is 30.6. The molecule has 3 aromatic rings. The molecule has 6 rings (SSSR count). The first-order valence-corrected chi connectivity index (χ1v) is 25.2. The number of fused-ring (bicyclic) bond motifs is 1. The summed E-state index contributed by atoms with van der Waals surface area (Å²) in [7, 11) is 2.65. The lowest BCUT2D eigenvalue weighted by Crippen LogP contribution is -2.36. The maximum Gasteiger partial charge on any atom is 0.407 e. The molecule has 3 heterocycles. The van der Waals surface area contributed by atoms with Gasteiger partial charge >= 0.3 is 18.0 Å². The van der Waals surface area contributed by atoms with E-state index in [1.165, 1.54) is 14.2 Å². The van der Waals surface area contributed by atoms with E-state index < -0.39 is 24.1 Å². The number of amides is 2. The maximum absolute atomic E-state index is 13.2. The van der Waals surface area contributed by atoms with Crippen LogP contribution in [0.2, 0.25) is 0 Å². The molecule has 2 aromatic heterocycles. The molecule has 19 nitrogen and oxygen atoms in total. The van der Waals surface area contributed by atoms with Crippen LogP contribution < -0.4 is 10.6 Å². The van der Waals surface area contributed by atoms with Gasteiger partial charge in [0.25, 0.3) is 5.91 Å². The monoisotopic (exact) mass is 1000 g/mol. The highest BCUT2D eigenvalue weighted by molar-refractivity contribution is 5.94. The van der Waals surface area contributed by atoms with Crippen LogP contribution in [-0.4, -0.2) is 183 Å². The lowest BCUT2D eigenvalue weighted by molar-refractivity contribution is 0.00330. The number of carbonyl (C=O) groups excluding carboxylic acids is 4. The first-order valence-electron chi connectivity index (χ1n) is 25.2. The molecule has 2 N–H and O–H groups in total. The average molecular weight is 1000 g/mol. The zero-order valence-electron chi connectivity index (χ0n) is 42.2. The summed E-state index contributed by atoms with van der Waals surface area (Å²) in [6.45, 7) is 10.6. The third kappa shape index (κ3) is 18.0. The molecule has 1 saturated carbocycles. The summed E-state index contributed by atoms with van der Waals surface area (Å²) < 4.78 is 50.7. The highest BCUT2D eigenvalue weighted by Crippen LogP contribution is 2.64. The first kappa shape index (κ1) is 55.9. The average Bonchev–Trinajstić information content (AvgIpc) is 3.94. The summed E-state index contributed by atoms with van der Waals surface area (Å²) in [6.07, 6.45) is 8.61. The van der Waals surface area contributed by atoms with Crippen LogP contribution in [0.1, 0.15) is 86.9 Å². The van der Waals surface area contributed by atoms with Gasteiger partial charge in [-0.15, -0.1) is 0 Å². The number of nitrogens with one attached hydrogen (secondary N) is 2. The number of hydrogen-bond donors (Lipinski definition) is 2. The molecule has 0 radical (unpaired) electrons. The van der Waals surface area contributed by atoms with Crippen LogP contribution >= 0.6 is 0 Å². The summed E-state index contributed by atoms with van der Waals surface area (Å²) >= 11 is 0. The zero-order chi connectivity index (χ0) is 50.8. The Morgan fingerprint density at radius 2 is 1.28 bits per heavy atom. The molecule has 2 fully saturated rings. The summed E-state index contributed by atoms with van der Waals surface area (Å²) in [5.41, 5.74) is 3.37. The third-order valence-corrected chi connectivity index (χ3v) is 13.3. The predicted molar refractivity (Wildman–Crippen MR) is 266 cm³/mol. The van der Waals surface area contributed by atoms with E-state index in [0.29, 0.717) is 155 Å². The van der Waals surface area contributed by atoms with Crippen molar-refractivity contribution in [3.63, 3.8) is 0 Å². The lowest BCUT2D eigenvalue weighted by Gasteiger charge is -2.32. The fourth-order valence-corrected chi connectivity index (χ4v) is 9.24. The van der Waals surface area contributed by atoms with Crippen molar-refractivity contribution in [2.45, 2.75) is 45.2 Å². The van der Waals surface area contributed by atoms with Gasteiger partial charge in [0.1, 0.15) is 11.4 Å². The Kier molecular flexibility index (Phi) is 23.8. The second-order valence-electron chi connectivity index (χ2n) is 18.0. The summed E-state index contributed by atoms with van der Waals surface area (Å²) in [4.78, 5) is 63.7. The number of carbonyl (C=O) groups is 4. The molecule has 1 aromatic carbocycles. The van der Waals surface area contributed by atoms with Crippen molar-refractivity contribution in [3.8, 4) is 0 Å². The van der Waals surface area contributed by atoms with E-state index in [4.69, 9.17) is 47.6 Å². The number of hydrogen-bond acceptors (Lipinski definition) is 17. The fourth-order valence-electron chi connectivity index (χ4n) is 9.24. The molecule has 4 atom stereocenters. The van der Waals surface area contributed by atoms with E-state index in [0.717, 1.165) is 36.9 Å². The molecule has 394 valence electrons. The van der Waals surface area contributed by atoms with E-state index in [1.807, 2.05) is 24.3 Å². The van der Waals surface area contributed by atoms with Crippen LogP contribution in [0.5, 0.6) is 0 Å². The topological polar surface area (TPSA) is 208 Å². The van der Waals surface area contributed by atoms with Crippen LogP contribution in [0.4, 0.5) is 4.79 Å². The molecule has 2 amide bonds. The van der Waals surface area contributed by atoms with Crippen molar-refractivity contribution in [1.82, 2.24) is 30.4 Å². The van der Waals surface area contributed by atoms with E-state index in [1.54, 1.807) is 36.4 Å². The standard InChI is InChI=1S/C53H74N6O13/c1-53-19-7-5-4-6-11-43(53)44(53)39-72-52(63)55-21-27-67-33-32-66-26-20-54-49(60)41-17-15-40(16-18-41)48(45-12-9-14-47(57-45)51(62)65-3)59-24-30-70-36-34-68-28-22-58(23-29-69-35-37-71-31-25-59)38-42-10-8-13-46(56-42)50(61)64-2/h4-5,8-10,12-18,43-44,48H,6-7,11,19-39H2,1-3H3,(H,54,60)(H,55,63)/b5-4-/t43-,44+,48?,53-/m0/s1. The minimum absolute atomic E-state index is 0.172. The minimum Gasteiger partial charge on any atom is -0.464 e. The van der Waals surface area contributed by atoms with Gasteiger partial charge in [-0.05, 0) is 79.0 Å². The minimum atomic E-state index is -0.552. The van der Waals surface area contributed by atoms with Gasteiger partial charge in [-0.3, -0.25) is 14.6 Å². The van der Waals surface area contributed by atoms with Crippen LogP contribution in [0, 0.1) is 17.3 Å². The molecule has 1 aliphatic heterocycles. The van der Waals surface area contributed by atoms with Crippen LogP contribution in [-0.2, 0) is 49.2 Å². The largest absolute Gasteiger partial charge is 0.464 e. The Morgan fingerprint density at radius 1 is 0.694 bits per heavy atom. The van der Waals surface area contributed by atoms with Gasteiger partial charge in [0.2, 0.25) is 0 Å². The number of pyridine rings is 2. The number of methoxy groups -OCH3 is 2.